The predicted octanol–water partition coefficient (Wildman–Crippen LogP) is 6.37. The van der Waals surface area contributed by atoms with Crippen LogP contribution >= 0.6 is 0 Å². The number of para-hydroxylation sites is 2. The number of amides is 2. The van der Waals surface area contributed by atoms with Gasteiger partial charge in [-0.1, -0.05) is 56.3 Å². The highest BCUT2D eigenvalue weighted by Crippen LogP contribution is 2.31. The number of aliphatic carboxylic acids is 1. The number of carboxylic acid groups (broad SMARTS) is 1. The van der Waals surface area contributed by atoms with Crippen molar-refractivity contribution in [2.75, 3.05) is 50.9 Å². The van der Waals surface area contributed by atoms with Crippen LogP contribution in [0.4, 0.5) is 11.4 Å². The number of carboxylic acids is 1. The van der Waals surface area contributed by atoms with Gasteiger partial charge in [0, 0.05) is 38.6 Å². The van der Waals surface area contributed by atoms with Crippen molar-refractivity contribution in [3.8, 4) is 5.75 Å². The van der Waals surface area contributed by atoms with Crippen LogP contribution < -0.4 is 26.0 Å². The summed E-state index contributed by atoms with van der Waals surface area (Å²) in [4.78, 5) is 37.8. The second kappa shape index (κ2) is 23.7. The standard InChI is InChI=1S/C41H56N6O8S/c1-5-30(16-17-33(41(51)52)28-31(6-2)32-12-8-7-9-13-32)39(49)44-25-24-42-22-23-43-26-27-56(53,54)35-20-18-34(19-21-35)46-47-38(29(3)48)40(50)45-36-14-10-11-15-37(36)55-4/h7-15,18-21,30-31,33,42-43,48H,5-6,16-17,22-28H2,1-4H3,(H,44,49)(H,45,50)(H,51,52). The second-order valence-electron chi connectivity index (χ2n) is 13.4. The van der Waals surface area contributed by atoms with Crippen LogP contribution in [0.15, 0.2) is 105 Å². The molecule has 0 aromatic heterocycles. The molecule has 3 atom stereocenters. The van der Waals surface area contributed by atoms with Crippen molar-refractivity contribution in [3.05, 3.63) is 95.9 Å². The average molecular weight is 793 g/mol. The third-order valence-corrected chi connectivity index (χ3v) is 11.1. The Labute approximate surface area is 330 Å². The van der Waals surface area contributed by atoms with E-state index in [0.29, 0.717) is 63.3 Å². The Morgan fingerprint density at radius 1 is 0.786 bits per heavy atom. The fourth-order valence-corrected chi connectivity index (χ4v) is 7.28. The van der Waals surface area contributed by atoms with Gasteiger partial charge in [-0.3, -0.25) is 14.4 Å². The zero-order valence-corrected chi connectivity index (χ0v) is 33.5. The van der Waals surface area contributed by atoms with Crippen molar-refractivity contribution in [1.82, 2.24) is 16.0 Å². The molecule has 3 unspecified atom stereocenters. The molecule has 0 saturated carbocycles. The molecule has 0 fully saturated rings. The molecule has 56 heavy (non-hydrogen) atoms. The largest absolute Gasteiger partial charge is 0.510 e. The number of carbonyl (C=O) groups is 3. The van der Waals surface area contributed by atoms with E-state index in [1.807, 2.05) is 37.3 Å². The number of anilines is 1. The lowest BCUT2D eigenvalue weighted by atomic mass is 9.83. The summed E-state index contributed by atoms with van der Waals surface area (Å²) >= 11 is 0. The van der Waals surface area contributed by atoms with Crippen LogP contribution in [0.1, 0.15) is 64.4 Å². The summed E-state index contributed by atoms with van der Waals surface area (Å²) in [5.41, 5.74) is 1.49. The third kappa shape index (κ3) is 14.8. The van der Waals surface area contributed by atoms with E-state index in [0.717, 1.165) is 12.0 Å². The average Bonchev–Trinajstić information content (AvgIpc) is 3.19. The molecule has 0 spiro atoms. The monoisotopic (exact) mass is 792 g/mol. The molecule has 2 amide bonds. The van der Waals surface area contributed by atoms with Gasteiger partial charge in [-0.15, -0.1) is 5.11 Å². The van der Waals surface area contributed by atoms with Crippen LogP contribution in [0.25, 0.3) is 0 Å². The van der Waals surface area contributed by atoms with E-state index >= 15 is 0 Å². The van der Waals surface area contributed by atoms with Crippen LogP contribution in [-0.2, 0) is 24.2 Å². The number of hydrogen-bond acceptors (Lipinski definition) is 11. The summed E-state index contributed by atoms with van der Waals surface area (Å²) in [7, 11) is -2.13. The van der Waals surface area contributed by atoms with Crippen LogP contribution in [0, 0.1) is 11.8 Å². The van der Waals surface area contributed by atoms with Crippen LogP contribution in [0.2, 0.25) is 0 Å². The van der Waals surface area contributed by atoms with E-state index in [4.69, 9.17) is 4.74 Å². The van der Waals surface area contributed by atoms with Crippen LogP contribution in [-0.4, -0.2) is 82.0 Å². The number of aliphatic hydroxyl groups is 1. The SMILES string of the molecule is CCC(CCC(CC(CC)c1ccccc1)C(=O)O)C(=O)NCCNCCNCCS(=O)(=O)c1ccc(N=NC(C(=O)Nc2ccccc2OC)=C(C)O)cc1. The Kier molecular flexibility index (Phi) is 19.2. The van der Waals surface area contributed by atoms with E-state index < -0.39 is 27.6 Å². The molecule has 3 aromatic rings. The van der Waals surface area contributed by atoms with Gasteiger partial charge in [-0.25, -0.2) is 8.42 Å². The molecular weight excluding hydrogens is 737 g/mol. The van der Waals surface area contributed by atoms with Crippen molar-refractivity contribution in [3.63, 3.8) is 0 Å². The van der Waals surface area contributed by atoms with Gasteiger partial charge in [0.05, 0.1) is 35.1 Å². The molecule has 0 saturated heterocycles. The minimum atomic E-state index is -3.59. The normalized spacial score (nSPS) is 13.7. The number of nitrogens with one attached hydrogen (secondary N) is 4. The Bertz CT molecular complexity index is 1870. The zero-order chi connectivity index (χ0) is 40.9. The number of allylic oxidation sites excluding steroid dienone is 1. The predicted molar refractivity (Wildman–Crippen MR) is 217 cm³/mol. The summed E-state index contributed by atoms with van der Waals surface area (Å²) < 4.78 is 31.0. The van der Waals surface area contributed by atoms with Crippen molar-refractivity contribution < 1.29 is 37.8 Å². The fraction of sp³-hybridized carbons (Fsp3) is 0.439. The van der Waals surface area contributed by atoms with Gasteiger partial charge in [0.2, 0.25) is 5.91 Å². The quantitative estimate of drug-likeness (QED) is 0.0242. The number of sulfone groups is 1. The highest BCUT2D eigenvalue weighted by molar-refractivity contribution is 7.91. The lowest BCUT2D eigenvalue weighted by Gasteiger charge is -2.22. The molecule has 15 heteroatoms. The Balaban J connectivity index is 1.34. The number of benzene rings is 3. The van der Waals surface area contributed by atoms with Crippen LogP contribution in [0.3, 0.4) is 0 Å². The summed E-state index contributed by atoms with van der Waals surface area (Å²) in [6, 6.07) is 22.5. The van der Waals surface area contributed by atoms with E-state index in [1.54, 1.807) is 24.3 Å². The van der Waals surface area contributed by atoms with E-state index in [9.17, 15) is 33.0 Å². The Morgan fingerprint density at radius 3 is 2.04 bits per heavy atom. The second-order valence-corrected chi connectivity index (χ2v) is 15.5. The molecular formula is C41H56N6O8S. The number of hydrogen-bond donors (Lipinski definition) is 6. The Morgan fingerprint density at radius 2 is 1.41 bits per heavy atom. The third-order valence-electron chi connectivity index (χ3n) is 9.41. The van der Waals surface area contributed by atoms with Crippen molar-refractivity contribution in [2.24, 2.45) is 22.1 Å². The number of methoxy groups -OCH3 is 1. The van der Waals surface area contributed by atoms with Crippen LogP contribution in [0.5, 0.6) is 5.75 Å². The number of azo groups is 1. The van der Waals surface area contributed by atoms with Crippen molar-refractivity contribution in [2.45, 2.75) is 63.7 Å². The first-order chi connectivity index (χ1) is 26.9. The lowest BCUT2D eigenvalue weighted by molar-refractivity contribution is -0.143. The molecule has 0 radical (unpaired) electrons. The van der Waals surface area contributed by atoms with Crippen molar-refractivity contribution >= 4 is 39.0 Å². The lowest BCUT2D eigenvalue weighted by Crippen LogP contribution is -2.38. The maximum atomic E-state index is 12.9. The summed E-state index contributed by atoms with van der Waals surface area (Å²) in [5, 5.41) is 39.7. The summed E-state index contributed by atoms with van der Waals surface area (Å²) in [6.07, 6.45) is 2.97. The van der Waals surface area contributed by atoms with Gasteiger partial charge in [0.15, 0.2) is 15.5 Å². The van der Waals surface area contributed by atoms with Gasteiger partial charge in [-0.05, 0) is 86.9 Å². The first kappa shape index (κ1) is 45.3. The molecule has 3 rings (SSSR count). The number of aliphatic hydroxyl groups excluding tert-OH is 1. The van der Waals surface area contributed by atoms with Gasteiger partial charge in [0.25, 0.3) is 5.91 Å². The number of rotatable bonds is 25. The molecule has 304 valence electrons. The van der Waals surface area contributed by atoms with Gasteiger partial charge in [-0.2, -0.15) is 5.11 Å². The highest BCUT2D eigenvalue weighted by atomic mass is 32.2. The number of nitrogens with zero attached hydrogens (tertiary/aromatic N) is 2. The topological polar surface area (TPSA) is 208 Å². The number of ether oxygens (including phenoxy) is 1. The molecule has 6 N–H and O–H groups in total. The summed E-state index contributed by atoms with van der Waals surface area (Å²) in [6.45, 7) is 7.57. The minimum absolute atomic E-state index is 0.0811. The molecule has 0 aliphatic rings. The fourth-order valence-electron chi connectivity index (χ4n) is 6.08. The van der Waals surface area contributed by atoms with E-state index in [1.165, 1.54) is 38.3 Å². The smallest absolute Gasteiger partial charge is 0.306 e. The molecule has 0 aliphatic carbocycles. The first-order valence-electron chi connectivity index (χ1n) is 19.0. The number of carbonyl (C=O) groups excluding carboxylic acids is 2. The zero-order valence-electron chi connectivity index (χ0n) is 32.7. The van der Waals surface area contributed by atoms with E-state index in [-0.39, 0.29) is 52.1 Å². The van der Waals surface area contributed by atoms with Gasteiger partial charge < -0.3 is 36.2 Å². The molecule has 3 aromatic carbocycles. The minimum Gasteiger partial charge on any atom is -0.510 e. The molecule has 0 bridgehead atoms. The van der Waals surface area contributed by atoms with Gasteiger partial charge in [0.1, 0.15) is 11.5 Å². The maximum Gasteiger partial charge on any atom is 0.306 e. The Hall–Kier alpha value is -5.12. The van der Waals surface area contributed by atoms with Gasteiger partial charge >= 0.3 is 5.97 Å². The highest BCUT2D eigenvalue weighted by Gasteiger charge is 2.26. The van der Waals surface area contributed by atoms with E-state index in [2.05, 4.69) is 38.4 Å². The molecule has 0 heterocycles. The van der Waals surface area contributed by atoms with Crippen molar-refractivity contribution in [1.29, 1.82) is 0 Å². The molecule has 0 aliphatic heterocycles. The first-order valence-corrected chi connectivity index (χ1v) is 20.6. The summed E-state index contributed by atoms with van der Waals surface area (Å²) in [5.74, 6) is -2.28. The molecule has 14 nitrogen and oxygen atoms in total. The maximum absolute atomic E-state index is 12.9.